The molecule has 0 fully saturated rings. The maximum Gasteiger partial charge on any atom is 0.162 e. The lowest BCUT2D eigenvalue weighted by Gasteiger charge is -2.20. The van der Waals surface area contributed by atoms with Crippen molar-refractivity contribution in [2.24, 2.45) is 0 Å². The van der Waals surface area contributed by atoms with Crippen molar-refractivity contribution < 1.29 is 13.9 Å². The Morgan fingerprint density at radius 2 is 1.90 bits per heavy atom. The molecule has 20 heavy (non-hydrogen) atoms. The van der Waals surface area contributed by atoms with Crippen LogP contribution in [-0.4, -0.2) is 13.2 Å². The molecule has 2 heterocycles. The van der Waals surface area contributed by atoms with Gasteiger partial charge in [-0.1, -0.05) is 34.5 Å². The molecule has 1 aromatic carbocycles. The summed E-state index contributed by atoms with van der Waals surface area (Å²) in [6.45, 7) is 3.17. The van der Waals surface area contributed by atoms with E-state index in [1.54, 1.807) is 6.07 Å². The highest BCUT2D eigenvalue weighted by atomic mass is 79.9. The summed E-state index contributed by atoms with van der Waals surface area (Å²) in [5.74, 6) is 3.21. The topological polar surface area (TPSA) is 31.6 Å². The number of hydrogen-bond acceptors (Lipinski definition) is 3. The van der Waals surface area contributed by atoms with Crippen LogP contribution in [0.2, 0.25) is 5.02 Å². The van der Waals surface area contributed by atoms with Gasteiger partial charge in [-0.3, -0.25) is 0 Å². The minimum absolute atomic E-state index is 0.105. The van der Waals surface area contributed by atoms with Gasteiger partial charge in [-0.2, -0.15) is 0 Å². The average molecular weight is 358 g/mol. The van der Waals surface area contributed by atoms with Gasteiger partial charge in [0.2, 0.25) is 0 Å². The molecule has 1 aliphatic heterocycles. The molecule has 0 radical (unpaired) electrons. The highest BCUT2D eigenvalue weighted by Gasteiger charge is 2.22. The lowest BCUT2D eigenvalue weighted by Crippen LogP contribution is -2.15. The van der Waals surface area contributed by atoms with Crippen LogP contribution in [0.1, 0.15) is 28.8 Å². The molecule has 1 atom stereocenters. The number of hydrogen-bond donors (Lipinski definition) is 0. The van der Waals surface area contributed by atoms with Crippen molar-refractivity contribution in [3.8, 4) is 11.5 Å². The van der Waals surface area contributed by atoms with E-state index < -0.39 is 0 Å². The zero-order valence-electron chi connectivity index (χ0n) is 11.0. The summed E-state index contributed by atoms with van der Waals surface area (Å²) in [5, 5.41) is 0.630. The fraction of sp³-hybridized carbons (Fsp3) is 0.333. The first-order valence-electron chi connectivity index (χ1n) is 6.50. The van der Waals surface area contributed by atoms with Crippen molar-refractivity contribution in [3.63, 3.8) is 0 Å². The molecule has 0 spiro atoms. The molecule has 0 N–H and O–H groups in total. The van der Waals surface area contributed by atoms with Crippen LogP contribution in [0.25, 0.3) is 0 Å². The fourth-order valence-corrected chi connectivity index (χ4v) is 3.17. The zero-order valence-corrected chi connectivity index (χ0v) is 13.3. The predicted molar refractivity (Wildman–Crippen MR) is 81.3 cm³/mol. The molecule has 1 unspecified atom stereocenters. The number of halogens is 2. The van der Waals surface area contributed by atoms with E-state index in [0.29, 0.717) is 24.0 Å². The third-order valence-corrected chi connectivity index (χ3v) is 4.49. The summed E-state index contributed by atoms with van der Waals surface area (Å²) in [5.41, 5.74) is 0.910. The van der Waals surface area contributed by atoms with E-state index in [9.17, 15) is 0 Å². The zero-order chi connectivity index (χ0) is 14.1. The third-order valence-electron chi connectivity index (χ3n) is 3.22. The van der Waals surface area contributed by atoms with Gasteiger partial charge in [-0.25, -0.2) is 0 Å². The monoisotopic (exact) mass is 356 g/mol. The molecule has 2 aromatic rings. The summed E-state index contributed by atoms with van der Waals surface area (Å²) < 4.78 is 16.9. The molecular formula is C15H14BrClO3. The first kappa shape index (κ1) is 13.8. The van der Waals surface area contributed by atoms with Gasteiger partial charge in [0.1, 0.15) is 24.7 Å². The molecule has 0 saturated carbocycles. The molecule has 0 bridgehead atoms. The van der Waals surface area contributed by atoms with E-state index in [-0.39, 0.29) is 4.83 Å². The second-order valence-electron chi connectivity index (χ2n) is 4.54. The Morgan fingerprint density at radius 3 is 2.55 bits per heavy atom. The number of ether oxygens (including phenoxy) is 2. The van der Waals surface area contributed by atoms with Crippen LogP contribution >= 0.6 is 27.5 Å². The number of benzene rings is 1. The molecular weight excluding hydrogens is 344 g/mol. The summed E-state index contributed by atoms with van der Waals surface area (Å²) in [4.78, 5) is -0.105. The number of rotatable bonds is 3. The Hall–Kier alpha value is -1.13. The molecule has 106 valence electrons. The maximum atomic E-state index is 6.34. The Kier molecular flexibility index (Phi) is 3.94. The van der Waals surface area contributed by atoms with E-state index in [0.717, 1.165) is 29.3 Å². The Balaban J connectivity index is 1.96. The molecule has 3 nitrogen and oxygen atoms in total. The highest BCUT2D eigenvalue weighted by molar-refractivity contribution is 9.09. The van der Waals surface area contributed by atoms with Crippen molar-refractivity contribution in [1.29, 1.82) is 0 Å². The third kappa shape index (κ3) is 2.54. The lowest BCUT2D eigenvalue weighted by molar-refractivity contribution is 0.171. The van der Waals surface area contributed by atoms with Gasteiger partial charge in [0.15, 0.2) is 11.5 Å². The molecule has 0 amide bonds. The van der Waals surface area contributed by atoms with Crippen LogP contribution in [-0.2, 0) is 6.42 Å². The number of fused-ring (bicyclic) bond motifs is 1. The second kappa shape index (κ2) is 5.70. The quantitative estimate of drug-likeness (QED) is 0.743. The SMILES string of the molecule is CCc1ccc(C(Br)c2cc3c(cc2Cl)OCCO3)o1. The first-order chi connectivity index (χ1) is 9.69. The van der Waals surface area contributed by atoms with Crippen LogP contribution in [0, 0.1) is 0 Å². The summed E-state index contributed by atoms with van der Waals surface area (Å²) in [7, 11) is 0. The van der Waals surface area contributed by atoms with Crippen molar-refractivity contribution in [1.82, 2.24) is 0 Å². The van der Waals surface area contributed by atoms with Gasteiger partial charge < -0.3 is 13.9 Å². The molecule has 3 rings (SSSR count). The van der Waals surface area contributed by atoms with Crippen molar-refractivity contribution in [2.75, 3.05) is 13.2 Å². The summed E-state index contributed by atoms with van der Waals surface area (Å²) in [6.07, 6.45) is 0.870. The van der Waals surface area contributed by atoms with Crippen molar-refractivity contribution in [2.45, 2.75) is 18.2 Å². The first-order valence-corrected chi connectivity index (χ1v) is 7.80. The Morgan fingerprint density at radius 1 is 1.20 bits per heavy atom. The van der Waals surface area contributed by atoms with Crippen molar-refractivity contribution >= 4 is 27.5 Å². The van der Waals surface area contributed by atoms with Gasteiger partial charge in [-0.05, 0) is 23.8 Å². The smallest absolute Gasteiger partial charge is 0.162 e. The van der Waals surface area contributed by atoms with E-state index in [4.69, 9.17) is 25.5 Å². The molecule has 1 aliphatic rings. The normalized spacial score (nSPS) is 15.2. The maximum absolute atomic E-state index is 6.34. The molecule has 1 aromatic heterocycles. The predicted octanol–water partition coefficient (Wildman–Crippen LogP) is 4.75. The van der Waals surface area contributed by atoms with Crippen LogP contribution in [0.5, 0.6) is 11.5 Å². The second-order valence-corrected chi connectivity index (χ2v) is 5.86. The fourth-order valence-electron chi connectivity index (χ4n) is 2.15. The molecule has 0 saturated heterocycles. The van der Waals surface area contributed by atoms with Gasteiger partial charge in [0.25, 0.3) is 0 Å². The molecule has 5 heteroatoms. The van der Waals surface area contributed by atoms with Gasteiger partial charge in [0, 0.05) is 17.5 Å². The van der Waals surface area contributed by atoms with Crippen LogP contribution in [0.15, 0.2) is 28.7 Å². The summed E-state index contributed by atoms with van der Waals surface area (Å²) >= 11 is 9.98. The molecule has 0 aliphatic carbocycles. The Bertz CT molecular complexity index is 624. The van der Waals surface area contributed by atoms with Crippen LogP contribution < -0.4 is 9.47 Å². The number of alkyl halides is 1. The van der Waals surface area contributed by atoms with Gasteiger partial charge >= 0.3 is 0 Å². The van der Waals surface area contributed by atoms with Crippen LogP contribution in [0.4, 0.5) is 0 Å². The minimum Gasteiger partial charge on any atom is -0.486 e. The average Bonchev–Trinajstić information content (AvgIpc) is 2.94. The van der Waals surface area contributed by atoms with E-state index in [1.807, 2.05) is 18.2 Å². The number of aryl methyl sites for hydroxylation is 1. The van der Waals surface area contributed by atoms with E-state index in [2.05, 4.69) is 22.9 Å². The van der Waals surface area contributed by atoms with Gasteiger partial charge in [0.05, 0.1) is 4.83 Å². The van der Waals surface area contributed by atoms with E-state index in [1.165, 1.54) is 0 Å². The number of furan rings is 1. The highest BCUT2D eigenvalue weighted by Crippen LogP contribution is 2.42. The largest absolute Gasteiger partial charge is 0.486 e. The van der Waals surface area contributed by atoms with E-state index >= 15 is 0 Å². The Labute approximate surface area is 130 Å². The van der Waals surface area contributed by atoms with Gasteiger partial charge in [-0.15, -0.1) is 0 Å². The van der Waals surface area contributed by atoms with Crippen LogP contribution in [0.3, 0.4) is 0 Å². The summed E-state index contributed by atoms with van der Waals surface area (Å²) in [6, 6.07) is 7.65. The lowest BCUT2D eigenvalue weighted by atomic mass is 10.1. The minimum atomic E-state index is -0.105. The standard InChI is InChI=1S/C15H14BrClO3/c1-2-9-3-4-12(20-9)15(16)10-7-13-14(8-11(10)17)19-6-5-18-13/h3-4,7-8,15H,2,5-6H2,1H3. The van der Waals surface area contributed by atoms with Crippen molar-refractivity contribution in [3.05, 3.63) is 46.4 Å².